The maximum Gasteiger partial charge on any atom is 0.295 e. The zero-order valence-corrected chi connectivity index (χ0v) is 18.9. The van der Waals surface area contributed by atoms with E-state index >= 15 is 0 Å². The highest BCUT2D eigenvalue weighted by atomic mass is 16.3. The molecule has 3 rings (SSSR count). The summed E-state index contributed by atoms with van der Waals surface area (Å²) in [5.74, 6) is -1.29. The molecule has 1 fully saturated rings. The lowest BCUT2D eigenvalue weighted by Gasteiger charge is -2.28. The molecule has 1 N–H and O–H groups in total. The number of rotatable bonds is 8. The summed E-state index contributed by atoms with van der Waals surface area (Å²) in [4.78, 5) is 29.9. The molecule has 0 spiro atoms. The van der Waals surface area contributed by atoms with Crippen molar-refractivity contribution in [3.05, 3.63) is 76.4 Å². The number of carbonyl (C=O) groups is 2. The number of carbonyl (C=O) groups excluding carboxylic acids is 2. The van der Waals surface area contributed by atoms with Crippen LogP contribution in [0.5, 0.6) is 0 Å². The molecular weight excluding hydrogens is 388 g/mol. The van der Waals surface area contributed by atoms with E-state index in [1.807, 2.05) is 55.5 Å². The number of hydrogen-bond donors (Lipinski definition) is 1. The maximum absolute atomic E-state index is 13.1. The molecule has 5 nitrogen and oxygen atoms in total. The van der Waals surface area contributed by atoms with E-state index in [0.29, 0.717) is 18.7 Å². The lowest BCUT2D eigenvalue weighted by atomic mass is 9.94. The van der Waals surface area contributed by atoms with Crippen molar-refractivity contribution in [3.63, 3.8) is 0 Å². The summed E-state index contributed by atoms with van der Waals surface area (Å²) in [6.07, 6.45) is 0.889. The smallest absolute Gasteiger partial charge is 0.295 e. The van der Waals surface area contributed by atoms with Crippen LogP contribution in [0.4, 0.5) is 0 Å². The Labute approximate surface area is 185 Å². The number of benzene rings is 2. The molecule has 31 heavy (non-hydrogen) atoms. The van der Waals surface area contributed by atoms with Gasteiger partial charge in [0.25, 0.3) is 11.7 Å². The Hall–Kier alpha value is -2.92. The highest BCUT2D eigenvalue weighted by Crippen LogP contribution is 2.39. The number of aliphatic hydroxyl groups excluding tert-OH is 1. The fraction of sp³-hybridized carbons (Fsp3) is 0.385. The Bertz CT molecular complexity index is 974. The summed E-state index contributed by atoms with van der Waals surface area (Å²) >= 11 is 0. The molecule has 1 atom stereocenters. The van der Waals surface area contributed by atoms with Gasteiger partial charge in [0, 0.05) is 18.7 Å². The number of amides is 1. The van der Waals surface area contributed by atoms with Crippen molar-refractivity contribution in [2.24, 2.45) is 0 Å². The highest BCUT2D eigenvalue weighted by molar-refractivity contribution is 6.46. The molecule has 5 heteroatoms. The molecule has 0 bridgehead atoms. The van der Waals surface area contributed by atoms with Crippen LogP contribution in [0.1, 0.15) is 49.1 Å². The summed E-state index contributed by atoms with van der Waals surface area (Å²) in [7, 11) is 0. The van der Waals surface area contributed by atoms with E-state index in [9.17, 15) is 14.7 Å². The number of aliphatic hydroxyl groups is 1. The molecule has 1 saturated heterocycles. The molecule has 1 aliphatic heterocycles. The zero-order valence-electron chi connectivity index (χ0n) is 18.9. The summed E-state index contributed by atoms with van der Waals surface area (Å²) in [5, 5.41) is 11.1. The molecule has 1 heterocycles. The standard InChI is InChI=1S/C26H32N2O3/c1-5-19-11-13-20(14-12-19)24(29)22-23(21-10-8-9-18(4)17-21)28(26(31)25(22)30)16-15-27(6-2)7-3/h8-14,17,23,29H,5-7,15-16H2,1-4H3/b24-22-. The Kier molecular flexibility index (Phi) is 7.29. The Balaban J connectivity index is 2.08. The summed E-state index contributed by atoms with van der Waals surface area (Å²) < 4.78 is 0. The van der Waals surface area contributed by atoms with Gasteiger partial charge >= 0.3 is 0 Å². The first-order chi connectivity index (χ1) is 14.9. The first-order valence-electron chi connectivity index (χ1n) is 11.1. The first-order valence-corrected chi connectivity index (χ1v) is 11.1. The molecule has 1 amide bonds. The van der Waals surface area contributed by atoms with Crippen LogP contribution in [-0.2, 0) is 16.0 Å². The van der Waals surface area contributed by atoms with Gasteiger partial charge in [-0.1, -0.05) is 74.9 Å². The van der Waals surface area contributed by atoms with E-state index in [1.165, 1.54) is 0 Å². The van der Waals surface area contributed by atoms with E-state index in [2.05, 4.69) is 25.7 Å². The molecule has 0 aliphatic carbocycles. The molecular formula is C26H32N2O3. The third-order valence-corrected chi connectivity index (χ3v) is 6.09. The van der Waals surface area contributed by atoms with Gasteiger partial charge in [0.15, 0.2) is 0 Å². The molecule has 0 saturated carbocycles. The van der Waals surface area contributed by atoms with Crippen molar-refractivity contribution >= 4 is 17.4 Å². The minimum atomic E-state index is -0.622. The Morgan fingerprint density at radius 2 is 1.71 bits per heavy atom. The minimum Gasteiger partial charge on any atom is -0.507 e. The second-order valence-corrected chi connectivity index (χ2v) is 7.98. The molecule has 2 aromatic carbocycles. The predicted octanol–water partition coefficient (Wildman–Crippen LogP) is 4.32. The summed E-state index contributed by atoms with van der Waals surface area (Å²) in [6, 6.07) is 14.7. The van der Waals surface area contributed by atoms with Crippen molar-refractivity contribution in [1.82, 2.24) is 9.80 Å². The molecule has 2 aromatic rings. The number of ketones is 1. The first kappa shape index (κ1) is 22.8. The summed E-state index contributed by atoms with van der Waals surface area (Å²) in [5.41, 5.74) is 3.74. The maximum atomic E-state index is 13.1. The van der Waals surface area contributed by atoms with Gasteiger partial charge in [-0.3, -0.25) is 9.59 Å². The fourth-order valence-electron chi connectivity index (χ4n) is 4.14. The van der Waals surface area contributed by atoms with Crippen LogP contribution in [0.15, 0.2) is 54.1 Å². The SMILES string of the molecule is CCc1ccc(/C(O)=C2/C(=O)C(=O)N(CCN(CC)CC)C2c2cccc(C)c2)cc1. The van der Waals surface area contributed by atoms with Crippen LogP contribution < -0.4 is 0 Å². The van der Waals surface area contributed by atoms with E-state index in [1.54, 1.807) is 4.90 Å². The van der Waals surface area contributed by atoms with E-state index in [-0.39, 0.29) is 11.3 Å². The number of likely N-dealkylation sites (tertiary alicyclic amines) is 1. The van der Waals surface area contributed by atoms with Gasteiger partial charge in [0.1, 0.15) is 5.76 Å². The predicted molar refractivity (Wildman–Crippen MR) is 124 cm³/mol. The van der Waals surface area contributed by atoms with Crippen LogP contribution in [0.25, 0.3) is 5.76 Å². The van der Waals surface area contributed by atoms with Crippen LogP contribution in [0.3, 0.4) is 0 Å². The topological polar surface area (TPSA) is 60.9 Å². The van der Waals surface area contributed by atoms with Gasteiger partial charge < -0.3 is 14.9 Å². The number of hydrogen-bond acceptors (Lipinski definition) is 4. The second-order valence-electron chi connectivity index (χ2n) is 7.98. The second kappa shape index (κ2) is 9.92. The molecule has 164 valence electrons. The van der Waals surface area contributed by atoms with E-state index < -0.39 is 17.7 Å². The van der Waals surface area contributed by atoms with Crippen molar-refractivity contribution in [1.29, 1.82) is 0 Å². The number of aryl methyl sites for hydroxylation is 2. The van der Waals surface area contributed by atoms with Gasteiger partial charge in [0.2, 0.25) is 0 Å². The molecule has 0 radical (unpaired) electrons. The fourth-order valence-corrected chi connectivity index (χ4v) is 4.14. The number of likely N-dealkylation sites (N-methyl/N-ethyl adjacent to an activating group) is 1. The molecule has 0 aromatic heterocycles. The monoisotopic (exact) mass is 420 g/mol. The lowest BCUT2D eigenvalue weighted by Crippen LogP contribution is -2.38. The number of Topliss-reactive ketones (excluding diaryl/α,β-unsaturated/α-hetero) is 1. The highest BCUT2D eigenvalue weighted by Gasteiger charge is 2.45. The quantitative estimate of drug-likeness (QED) is 0.392. The number of nitrogens with zero attached hydrogens (tertiary/aromatic N) is 2. The molecule has 1 aliphatic rings. The van der Waals surface area contributed by atoms with Crippen molar-refractivity contribution in [2.75, 3.05) is 26.2 Å². The van der Waals surface area contributed by atoms with Crippen molar-refractivity contribution in [3.8, 4) is 0 Å². The van der Waals surface area contributed by atoms with Gasteiger partial charge in [-0.15, -0.1) is 0 Å². The van der Waals surface area contributed by atoms with Crippen LogP contribution in [-0.4, -0.2) is 52.8 Å². The Morgan fingerprint density at radius 1 is 1.03 bits per heavy atom. The third kappa shape index (κ3) is 4.72. The van der Waals surface area contributed by atoms with Crippen molar-refractivity contribution < 1.29 is 14.7 Å². The van der Waals surface area contributed by atoms with Crippen LogP contribution >= 0.6 is 0 Å². The molecule has 1 unspecified atom stereocenters. The normalized spacial score (nSPS) is 18.2. The van der Waals surface area contributed by atoms with Gasteiger partial charge in [0.05, 0.1) is 11.6 Å². The van der Waals surface area contributed by atoms with Crippen LogP contribution in [0, 0.1) is 6.92 Å². The Morgan fingerprint density at radius 3 is 2.29 bits per heavy atom. The third-order valence-electron chi connectivity index (χ3n) is 6.09. The van der Waals surface area contributed by atoms with Gasteiger partial charge in [-0.05, 0) is 37.6 Å². The lowest BCUT2D eigenvalue weighted by molar-refractivity contribution is -0.140. The van der Waals surface area contributed by atoms with Gasteiger partial charge in [-0.25, -0.2) is 0 Å². The zero-order chi connectivity index (χ0) is 22.5. The average molecular weight is 421 g/mol. The van der Waals surface area contributed by atoms with E-state index in [0.717, 1.165) is 36.2 Å². The van der Waals surface area contributed by atoms with Crippen LogP contribution in [0.2, 0.25) is 0 Å². The summed E-state index contributed by atoms with van der Waals surface area (Å²) in [6.45, 7) is 11.1. The minimum absolute atomic E-state index is 0.113. The van der Waals surface area contributed by atoms with E-state index in [4.69, 9.17) is 0 Å². The average Bonchev–Trinajstić information content (AvgIpc) is 3.04. The van der Waals surface area contributed by atoms with Crippen molar-refractivity contribution in [2.45, 2.75) is 40.2 Å². The van der Waals surface area contributed by atoms with Gasteiger partial charge in [-0.2, -0.15) is 0 Å². The largest absolute Gasteiger partial charge is 0.507 e.